The number of nitrogens with zero attached hydrogens (tertiary/aromatic N) is 1. The Morgan fingerprint density at radius 2 is 1.31 bits per heavy atom. The molecule has 0 unspecified atom stereocenters. The van der Waals surface area contributed by atoms with Crippen molar-refractivity contribution in [3.8, 4) is 22.4 Å². The number of aryl methyl sites for hydroxylation is 1. The average molecular weight is 489 g/mol. The number of benzene rings is 4. The smallest absolute Gasteiger partial charge is 0.257 e. The monoisotopic (exact) mass is 488 g/mol. The summed E-state index contributed by atoms with van der Waals surface area (Å²) in [7, 11) is 0. The van der Waals surface area contributed by atoms with E-state index in [1.54, 1.807) is 11.3 Å². The van der Waals surface area contributed by atoms with Crippen molar-refractivity contribution in [2.45, 2.75) is 26.2 Å². The van der Waals surface area contributed by atoms with E-state index in [0.717, 1.165) is 30.5 Å². The molecule has 0 saturated heterocycles. The van der Waals surface area contributed by atoms with E-state index in [9.17, 15) is 4.79 Å². The Bertz CT molecular complexity index is 1420. The van der Waals surface area contributed by atoms with Gasteiger partial charge in [-0.2, -0.15) is 0 Å². The molecular formula is C32H28N2OS. The van der Waals surface area contributed by atoms with Crippen LogP contribution in [0.2, 0.25) is 0 Å². The molecule has 178 valence electrons. The molecule has 0 radical (unpaired) electrons. The molecule has 1 N–H and O–H groups in total. The summed E-state index contributed by atoms with van der Waals surface area (Å²) in [6.07, 6.45) is 2.80. The highest BCUT2D eigenvalue weighted by Gasteiger charge is 2.15. The summed E-state index contributed by atoms with van der Waals surface area (Å²) in [4.78, 5) is 19.0. The third-order valence-corrected chi connectivity index (χ3v) is 7.16. The number of carbonyl (C=O) groups excluding carboxylic acids is 1. The Balaban J connectivity index is 1.31. The Morgan fingerprint density at radius 1 is 0.722 bits per heavy atom. The Labute approximate surface area is 216 Å². The van der Waals surface area contributed by atoms with Crippen molar-refractivity contribution in [1.82, 2.24) is 4.98 Å². The summed E-state index contributed by atoms with van der Waals surface area (Å²) >= 11 is 1.56. The fraction of sp³-hybridized carbons (Fsp3) is 0.125. The normalized spacial score (nSPS) is 10.8. The van der Waals surface area contributed by atoms with Crippen LogP contribution in [0.4, 0.5) is 5.13 Å². The fourth-order valence-corrected chi connectivity index (χ4v) is 5.33. The quantitative estimate of drug-likeness (QED) is 0.239. The third kappa shape index (κ3) is 5.61. The van der Waals surface area contributed by atoms with Gasteiger partial charge in [0.1, 0.15) is 0 Å². The van der Waals surface area contributed by atoms with E-state index in [2.05, 4.69) is 72.9 Å². The molecule has 0 saturated carbocycles. The first-order chi connectivity index (χ1) is 17.7. The summed E-state index contributed by atoms with van der Waals surface area (Å²) in [5, 5.41) is 3.66. The Hall–Kier alpha value is -4.02. The van der Waals surface area contributed by atoms with Crippen LogP contribution in [-0.4, -0.2) is 10.9 Å². The molecule has 0 aliphatic carbocycles. The topological polar surface area (TPSA) is 42.0 Å². The number of rotatable bonds is 8. The van der Waals surface area contributed by atoms with Crippen LogP contribution in [0.5, 0.6) is 0 Å². The van der Waals surface area contributed by atoms with Gasteiger partial charge in [-0.15, -0.1) is 11.3 Å². The standard InChI is InChI=1S/C32H28N2OS/c1-2-9-29-30(27-20-18-26(19-21-27)25-12-7-4-8-13-25)33-32(36-29)34-31(35)28-16-14-24(15-17-28)22-23-10-5-3-6-11-23/h3-8,10-21H,2,9,22H2,1H3,(H,33,34,35). The highest BCUT2D eigenvalue weighted by atomic mass is 32.1. The second-order valence-electron chi connectivity index (χ2n) is 8.80. The second-order valence-corrected chi connectivity index (χ2v) is 9.88. The molecule has 4 aromatic carbocycles. The van der Waals surface area contributed by atoms with Gasteiger partial charge < -0.3 is 0 Å². The summed E-state index contributed by atoms with van der Waals surface area (Å²) in [6, 6.07) is 37.0. The second kappa shape index (κ2) is 11.1. The van der Waals surface area contributed by atoms with Gasteiger partial charge in [0.05, 0.1) is 5.69 Å². The molecule has 0 atom stereocenters. The van der Waals surface area contributed by atoms with Crippen molar-refractivity contribution < 1.29 is 4.79 Å². The lowest BCUT2D eigenvalue weighted by Gasteiger charge is -2.05. The largest absolute Gasteiger partial charge is 0.298 e. The Kier molecular flexibility index (Phi) is 7.34. The first-order valence-corrected chi connectivity index (χ1v) is 13.1. The predicted molar refractivity (Wildman–Crippen MR) is 151 cm³/mol. The number of carbonyl (C=O) groups is 1. The summed E-state index contributed by atoms with van der Waals surface area (Å²) in [5.74, 6) is -0.135. The van der Waals surface area contributed by atoms with Crippen LogP contribution in [0.1, 0.15) is 39.7 Å². The highest BCUT2D eigenvalue weighted by molar-refractivity contribution is 7.16. The molecule has 4 heteroatoms. The number of hydrogen-bond donors (Lipinski definition) is 1. The van der Waals surface area contributed by atoms with Crippen molar-refractivity contribution in [3.63, 3.8) is 0 Å². The summed E-state index contributed by atoms with van der Waals surface area (Å²) < 4.78 is 0. The molecule has 5 aromatic rings. The Morgan fingerprint density at radius 3 is 1.97 bits per heavy atom. The van der Waals surface area contributed by atoms with Crippen molar-refractivity contribution in [2.75, 3.05) is 5.32 Å². The summed E-state index contributed by atoms with van der Waals surface area (Å²) in [5.41, 5.74) is 7.46. The van der Waals surface area contributed by atoms with Gasteiger partial charge >= 0.3 is 0 Å². The molecular weight excluding hydrogens is 460 g/mol. The number of thiazole rings is 1. The third-order valence-electron chi connectivity index (χ3n) is 6.13. The number of anilines is 1. The van der Waals surface area contributed by atoms with Gasteiger partial charge in [-0.05, 0) is 47.2 Å². The molecule has 0 fully saturated rings. The van der Waals surface area contributed by atoms with E-state index in [4.69, 9.17) is 4.98 Å². The van der Waals surface area contributed by atoms with Crippen molar-refractivity contribution in [2.24, 2.45) is 0 Å². The van der Waals surface area contributed by atoms with E-state index in [1.165, 1.54) is 27.1 Å². The fourth-order valence-electron chi connectivity index (χ4n) is 4.25. The molecule has 1 heterocycles. The van der Waals surface area contributed by atoms with Crippen LogP contribution in [0.25, 0.3) is 22.4 Å². The van der Waals surface area contributed by atoms with Gasteiger partial charge in [0.15, 0.2) is 5.13 Å². The van der Waals surface area contributed by atoms with Gasteiger partial charge in [0.25, 0.3) is 5.91 Å². The predicted octanol–water partition coefficient (Wildman–Crippen LogP) is 8.27. The van der Waals surface area contributed by atoms with Gasteiger partial charge in [-0.25, -0.2) is 4.98 Å². The minimum absolute atomic E-state index is 0.135. The van der Waals surface area contributed by atoms with E-state index in [-0.39, 0.29) is 5.91 Å². The molecule has 1 amide bonds. The van der Waals surface area contributed by atoms with Gasteiger partial charge in [0.2, 0.25) is 0 Å². The lowest BCUT2D eigenvalue weighted by molar-refractivity contribution is 0.102. The van der Waals surface area contributed by atoms with Crippen LogP contribution in [0.15, 0.2) is 109 Å². The van der Waals surface area contributed by atoms with Crippen molar-refractivity contribution in [1.29, 1.82) is 0 Å². The maximum absolute atomic E-state index is 13.0. The van der Waals surface area contributed by atoms with Crippen molar-refractivity contribution in [3.05, 3.63) is 131 Å². The first kappa shape index (κ1) is 23.7. The average Bonchev–Trinajstić information content (AvgIpc) is 3.32. The molecule has 0 spiro atoms. The van der Waals surface area contributed by atoms with E-state index < -0.39 is 0 Å². The zero-order valence-electron chi connectivity index (χ0n) is 20.3. The highest BCUT2D eigenvalue weighted by Crippen LogP contribution is 2.33. The minimum Gasteiger partial charge on any atom is -0.298 e. The van der Waals surface area contributed by atoms with Crippen LogP contribution in [0, 0.1) is 0 Å². The number of hydrogen-bond acceptors (Lipinski definition) is 3. The molecule has 0 aliphatic heterocycles. The SMILES string of the molecule is CCCc1sc(NC(=O)c2ccc(Cc3ccccc3)cc2)nc1-c1ccc(-c2ccccc2)cc1. The molecule has 0 bridgehead atoms. The zero-order chi connectivity index (χ0) is 24.7. The van der Waals surface area contributed by atoms with Gasteiger partial charge in [-0.1, -0.05) is 110 Å². The molecule has 3 nitrogen and oxygen atoms in total. The lowest BCUT2D eigenvalue weighted by Crippen LogP contribution is -2.11. The van der Waals surface area contributed by atoms with Gasteiger partial charge in [-0.3, -0.25) is 10.1 Å². The van der Waals surface area contributed by atoms with E-state index in [0.29, 0.717) is 10.7 Å². The molecule has 0 aliphatic rings. The molecule has 1 aromatic heterocycles. The zero-order valence-corrected chi connectivity index (χ0v) is 21.1. The number of amides is 1. The lowest BCUT2D eigenvalue weighted by atomic mass is 10.0. The number of nitrogens with one attached hydrogen (secondary N) is 1. The van der Waals surface area contributed by atoms with Crippen LogP contribution in [0.3, 0.4) is 0 Å². The first-order valence-electron chi connectivity index (χ1n) is 12.3. The maximum Gasteiger partial charge on any atom is 0.257 e. The van der Waals surface area contributed by atoms with Crippen LogP contribution >= 0.6 is 11.3 Å². The van der Waals surface area contributed by atoms with Crippen molar-refractivity contribution >= 4 is 22.4 Å². The van der Waals surface area contributed by atoms with Gasteiger partial charge in [0, 0.05) is 16.0 Å². The van der Waals surface area contributed by atoms with Crippen LogP contribution < -0.4 is 5.32 Å². The molecule has 36 heavy (non-hydrogen) atoms. The van der Waals surface area contributed by atoms with Crippen LogP contribution in [-0.2, 0) is 12.8 Å². The number of aromatic nitrogens is 1. The maximum atomic E-state index is 13.0. The summed E-state index contributed by atoms with van der Waals surface area (Å²) in [6.45, 7) is 2.16. The minimum atomic E-state index is -0.135. The van der Waals surface area contributed by atoms with E-state index >= 15 is 0 Å². The molecule has 5 rings (SSSR count). The van der Waals surface area contributed by atoms with E-state index in [1.807, 2.05) is 48.5 Å².